The van der Waals surface area contributed by atoms with E-state index in [2.05, 4.69) is 24.3 Å². The van der Waals surface area contributed by atoms with Crippen LogP contribution in [0.25, 0.3) is 0 Å². The van der Waals surface area contributed by atoms with E-state index in [1.807, 2.05) is 29.6 Å². The predicted octanol–water partition coefficient (Wildman–Crippen LogP) is 3.38. The highest BCUT2D eigenvalue weighted by Gasteiger charge is 2.33. The van der Waals surface area contributed by atoms with Crippen LogP contribution in [0.15, 0.2) is 30.3 Å². The van der Waals surface area contributed by atoms with E-state index in [0.717, 1.165) is 12.7 Å². The molecule has 1 aliphatic rings. The van der Waals surface area contributed by atoms with Crippen LogP contribution in [0.4, 0.5) is 0 Å². The molecule has 0 unspecified atom stereocenters. The molecule has 0 aromatic heterocycles. The quantitative estimate of drug-likeness (QED) is 0.765. The van der Waals surface area contributed by atoms with Crippen molar-refractivity contribution in [3.8, 4) is 0 Å². The Morgan fingerprint density at radius 1 is 1.19 bits per heavy atom. The van der Waals surface area contributed by atoms with Crippen LogP contribution in [0.1, 0.15) is 18.4 Å². The zero-order chi connectivity index (χ0) is 11.3. The van der Waals surface area contributed by atoms with Gasteiger partial charge in [0.25, 0.3) is 0 Å². The number of carbonyl (C=O) groups is 1. The zero-order valence-electron chi connectivity index (χ0n) is 9.22. The molecule has 2 rings (SSSR count). The van der Waals surface area contributed by atoms with E-state index in [1.54, 1.807) is 0 Å². The van der Waals surface area contributed by atoms with Crippen LogP contribution in [-0.2, 0) is 11.2 Å². The van der Waals surface area contributed by atoms with Gasteiger partial charge in [-0.05, 0) is 29.9 Å². The second-order valence-electron chi connectivity index (χ2n) is 3.99. The second-order valence-corrected chi connectivity index (χ2v) is 7.21. The maximum atomic E-state index is 10.8. The van der Waals surface area contributed by atoms with Crippen molar-refractivity contribution in [3.05, 3.63) is 35.9 Å². The summed E-state index contributed by atoms with van der Waals surface area (Å²) in [5.74, 6) is 2.38. The third-order valence-corrected chi connectivity index (χ3v) is 6.10. The van der Waals surface area contributed by atoms with E-state index in [9.17, 15) is 4.79 Å². The lowest BCUT2D eigenvalue weighted by molar-refractivity contribution is -0.107. The molecule has 1 aromatic rings. The molecule has 1 aromatic carbocycles. The Kier molecular flexibility index (Phi) is 4.36. The standard InChI is InChI=1S/C13H16OS2/c14-8-7-13(15-9-4-10-16-13)11-12-5-2-1-3-6-12/h1-3,5-6,8H,4,7,9-11H2. The van der Waals surface area contributed by atoms with Gasteiger partial charge in [-0.2, -0.15) is 0 Å². The molecule has 16 heavy (non-hydrogen) atoms. The minimum atomic E-state index is 0.0986. The number of benzene rings is 1. The summed E-state index contributed by atoms with van der Waals surface area (Å²) in [5, 5.41) is 0. The molecule has 1 aliphatic heterocycles. The van der Waals surface area contributed by atoms with Crippen molar-refractivity contribution in [1.82, 2.24) is 0 Å². The molecule has 0 aliphatic carbocycles. The maximum Gasteiger partial charge on any atom is 0.122 e. The van der Waals surface area contributed by atoms with E-state index in [0.29, 0.717) is 6.42 Å². The molecular weight excluding hydrogens is 236 g/mol. The highest BCUT2D eigenvalue weighted by molar-refractivity contribution is 8.18. The van der Waals surface area contributed by atoms with E-state index in [4.69, 9.17) is 0 Å². The van der Waals surface area contributed by atoms with Crippen LogP contribution >= 0.6 is 23.5 Å². The summed E-state index contributed by atoms with van der Waals surface area (Å²) in [6, 6.07) is 10.5. The van der Waals surface area contributed by atoms with Crippen molar-refractivity contribution >= 4 is 29.8 Å². The van der Waals surface area contributed by atoms with Crippen LogP contribution in [0.3, 0.4) is 0 Å². The molecule has 0 bridgehead atoms. The Bertz CT molecular complexity index is 331. The largest absolute Gasteiger partial charge is 0.303 e. The average Bonchev–Trinajstić information content (AvgIpc) is 2.31. The summed E-state index contributed by atoms with van der Waals surface area (Å²) in [6.45, 7) is 0. The maximum absolute atomic E-state index is 10.8. The van der Waals surface area contributed by atoms with Gasteiger partial charge in [0.05, 0.1) is 4.08 Å². The van der Waals surface area contributed by atoms with Crippen LogP contribution in [0.2, 0.25) is 0 Å². The normalized spacial score (nSPS) is 19.2. The van der Waals surface area contributed by atoms with Crippen LogP contribution in [0.5, 0.6) is 0 Å². The van der Waals surface area contributed by atoms with Gasteiger partial charge in [-0.25, -0.2) is 0 Å². The topological polar surface area (TPSA) is 17.1 Å². The van der Waals surface area contributed by atoms with Crippen molar-refractivity contribution in [1.29, 1.82) is 0 Å². The summed E-state index contributed by atoms with van der Waals surface area (Å²) in [7, 11) is 0. The van der Waals surface area contributed by atoms with Gasteiger partial charge in [0.15, 0.2) is 0 Å². The lowest BCUT2D eigenvalue weighted by Crippen LogP contribution is -2.28. The van der Waals surface area contributed by atoms with Gasteiger partial charge >= 0.3 is 0 Å². The number of thioether (sulfide) groups is 2. The Morgan fingerprint density at radius 2 is 1.88 bits per heavy atom. The number of rotatable bonds is 4. The molecule has 86 valence electrons. The molecule has 1 heterocycles. The Balaban J connectivity index is 2.10. The summed E-state index contributed by atoms with van der Waals surface area (Å²) in [6.07, 6.45) is 4.01. The summed E-state index contributed by atoms with van der Waals surface area (Å²) < 4.78 is 0.0986. The second kappa shape index (κ2) is 5.78. The lowest BCUT2D eigenvalue weighted by Gasteiger charge is -2.34. The van der Waals surface area contributed by atoms with Crippen molar-refractivity contribution in [2.24, 2.45) is 0 Å². The number of hydrogen-bond donors (Lipinski definition) is 0. The van der Waals surface area contributed by atoms with Gasteiger partial charge in [-0.3, -0.25) is 0 Å². The molecule has 0 N–H and O–H groups in total. The van der Waals surface area contributed by atoms with Crippen molar-refractivity contribution in [3.63, 3.8) is 0 Å². The van der Waals surface area contributed by atoms with Gasteiger partial charge in [0, 0.05) is 6.42 Å². The van der Waals surface area contributed by atoms with E-state index in [-0.39, 0.29) is 4.08 Å². The highest BCUT2D eigenvalue weighted by atomic mass is 32.2. The molecular formula is C13H16OS2. The monoisotopic (exact) mass is 252 g/mol. The molecule has 0 saturated carbocycles. The number of aldehydes is 1. The van der Waals surface area contributed by atoms with Gasteiger partial charge in [-0.15, -0.1) is 23.5 Å². The molecule has 1 nitrogen and oxygen atoms in total. The average molecular weight is 252 g/mol. The lowest BCUT2D eigenvalue weighted by atomic mass is 10.1. The smallest absolute Gasteiger partial charge is 0.122 e. The fourth-order valence-electron chi connectivity index (χ4n) is 1.94. The zero-order valence-corrected chi connectivity index (χ0v) is 10.9. The first-order chi connectivity index (χ1) is 7.85. The molecule has 0 spiro atoms. The first kappa shape index (κ1) is 12.1. The Morgan fingerprint density at radius 3 is 2.50 bits per heavy atom. The highest BCUT2D eigenvalue weighted by Crippen LogP contribution is 2.46. The molecule has 0 radical (unpaired) electrons. The summed E-state index contributed by atoms with van der Waals surface area (Å²) in [5.41, 5.74) is 1.34. The van der Waals surface area contributed by atoms with Crippen LogP contribution in [-0.4, -0.2) is 21.9 Å². The van der Waals surface area contributed by atoms with Crippen molar-refractivity contribution < 1.29 is 4.79 Å². The SMILES string of the molecule is O=CCC1(Cc2ccccc2)SCCCS1. The third-order valence-electron chi connectivity index (χ3n) is 2.73. The van der Waals surface area contributed by atoms with E-state index < -0.39 is 0 Å². The number of hydrogen-bond acceptors (Lipinski definition) is 3. The fourth-order valence-corrected chi connectivity index (χ4v) is 5.19. The van der Waals surface area contributed by atoms with Crippen LogP contribution < -0.4 is 0 Å². The van der Waals surface area contributed by atoms with E-state index in [1.165, 1.54) is 23.5 Å². The summed E-state index contributed by atoms with van der Waals surface area (Å²) >= 11 is 3.92. The van der Waals surface area contributed by atoms with Gasteiger partial charge in [0.1, 0.15) is 6.29 Å². The molecule has 0 amide bonds. The molecule has 1 fully saturated rings. The van der Waals surface area contributed by atoms with E-state index >= 15 is 0 Å². The summed E-state index contributed by atoms with van der Waals surface area (Å²) in [4.78, 5) is 10.8. The molecule has 1 saturated heterocycles. The van der Waals surface area contributed by atoms with Gasteiger partial charge in [-0.1, -0.05) is 30.3 Å². The first-order valence-electron chi connectivity index (χ1n) is 5.60. The molecule has 0 atom stereocenters. The molecule has 3 heteroatoms. The van der Waals surface area contributed by atoms with Crippen LogP contribution in [0, 0.1) is 0 Å². The third kappa shape index (κ3) is 3.05. The van der Waals surface area contributed by atoms with Crippen molar-refractivity contribution in [2.45, 2.75) is 23.3 Å². The van der Waals surface area contributed by atoms with Gasteiger partial charge < -0.3 is 4.79 Å². The first-order valence-corrected chi connectivity index (χ1v) is 7.57. The minimum absolute atomic E-state index is 0.0986. The minimum Gasteiger partial charge on any atom is -0.303 e. The Hall–Kier alpha value is -0.410. The predicted molar refractivity (Wildman–Crippen MR) is 73.1 cm³/mol. The number of carbonyl (C=O) groups excluding carboxylic acids is 1. The Labute approximate surface area is 105 Å². The fraction of sp³-hybridized carbons (Fsp3) is 0.462. The van der Waals surface area contributed by atoms with Crippen molar-refractivity contribution in [2.75, 3.05) is 11.5 Å². The van der Waals surface area contributed by atoms with Gasteiger partial charge in [0.2, 0.25) is 0 Å².